The summed E-state index contributed by atoms with van der Waals surface area (Å²) in [4.78, 5) is 20.5. The second kappa shape index (κ2) is 6.24. The maximum absolute atomic E-state index is 12.0. The van der Waals surface area contributed by atoms with Crippen molar-refractivity contribution in [2.24, 2.45) is 0 Å². The minimum Gasteiger partial charge on any atom is -0.481 e. The molecule has 0 unspecified atom stereocenters. The van der Waals surface area contributed by atoms with E-state index in [4.69, 9.17) is 9.84 Å². The number of nitrogens with zero attached hydrogens (tertiary/aromatic N) is 3. The van der Waals surface area contributed by atoms with Crippen LogP contribution in [0.2, 0.25) is 0 Å². The molecule has 0 amide bonds. The molecule has 0 saturated heterocycles. The number of Topliss-reactive ketones (excluding diaryl/α,β-unsaturated/α-hetero) is 1. The fraction of sp³-hybridized carbons (Fsp3) is 0.357. The zero-order valence-electron chi connectivity index (χ0n) is 11.9. The highest BCUT2D eigenvalue weighted by Gasteiger charge is 2.21. The van der Waals surface area contributed by atoms with Gasteiger partial charge in [0.2, 0.25) is 11.7 Å². The minimum atomic E-state index is -0.474. The molecule has 0 spiro atoms. The summed E-state index contributed by atoms with van der Waals surface area (Å²) in [5, 5.41) is 8.66. The van der Waals surface area contributed by atoms with E-state index in [1.165, 1.54) is 0 Å². The van der Waals surface area contributed by atoms with Crippen LogP contribution in [0.1, 0.15) is 28.7 Å². The van der Waals surface area contributed by atoms with E-state index in [0.29, 0.717) is 16.3 Å². The monoisotopic (exact) mass is 351 g/mol. The van der Waals surface area contributed by atoms with Crippen LogP contribution in [0.3, 0.4) is 0 Å². The predicted molar refractivity (Wildman–Crippen MR) is 80.5 cm³/mol. The van der Waals surface area contributed by atoms with Crippen molar-refractivity contribution in [2.45, 2.75) is 20.3 Å². The largest absolute Gasteiger partial charge is 0.481 e. The van der Waals surface area contributed by atoms with Crippen LogP contribution < -0.4 is 4.74 Å². The third-order valence-electron chi connectivity index (χ3n) is 3.08. The van der Waals surface area contributed by atoms with Crippen LogP contribution in [-0.2, 0) is 6.42 Å². The number of aromatic nitrogens is 3. The molecule has 110 valence electrons. The fourth-order valence-electron chi connectivity index (χ4n) is 2.11. The van der Waals surface area contributed by atoms with Crippen molar-refractivity contribution in [2.75, 3.05) is 13.7 Å². The molecule has 2 rings (SSSR count). The van der Waals surface area contributed by atoms with Gasteiger partial charge in [0, 0.05) is 11.3 Å². The van der Waals surface area contributed by atoms with Gasteiger partial charge in [0.25, 0.3) is 5.78 Å². The number of rotatable bonds is 3. The first kappa shape index (κ1) is 15.5. The highest BCUT2D eigenvalue weighted by Crippen LogP contribution is 2.27. The van der Waals surface area contributed by atoms with E-state index in [0.717, 1.165) is 17.7 Å². The maximum Gasteiger partial charge on any atom is 0.257 e. The number of aryl methyl sites for hydroxylation is 1. The van der Waals surface area contributed by atoms with E-state index in [9.17, 15) is 4.79 Å². The Hall–Kier alpha value is -1.91. The van der Waals surface area contributed by atoms with Gasteiger partial charge in [0.1, 0.15) is 11.2 Å². The van der Waals surface area contributed by atoms with Crippen molar-refractivity contribution in [1.29, 1.82) is 0 Å². The van der Waals surface area contributed by atoms with Crippen LogP contribution in [0, 0.1) is 18.8 Å². The number of hydrogen-bond acceptors (Lipinski definition) is 5. The summed E-state index contributed by atoms with van der Waals surface area (Å²) in [7, 11) is 1.55. The van der Waals surface area contributed by atoms with E-state index in [1.807, 2.05) is 13.8 Å². The van der Waals surface area contributed by atoms with Gasteiger partial charge < -0.3 is 9.84 Å². The van der Waals surface area contributed by atoms with Crippen LogP contribution in [-0.4, -0.2) is 39.0 Å². The number of imidazole rings is 1. The smallest absolute Gasteiger partial charge is 0.257 e. The normalized spacial score (nSPS) is 10.3. The Kier molecular flexibility index (Phi) is 4.60. The number of ketones is 1. The first-order valence-electron chi connectivity index (χ1n) is 6.30. The van der Waals surface area contributed by atoms with E-state index in [1.54, 1.807) is 11.5 Å². The summed E-state index contributed by atoms with van der Waals surface area (Å²) >= 11 is 3.37. The highest BCUT2D eigenvalue weighted by atomic mass is 79.9. The van der Waals surface area contributed by atoms with Crippen molar-refractivity contribution in [3.05, 3.63) is 21.6 Å². The number of hydrogen-bond donors (Lipinski definition) is 1. The lowest BCUT2D eigenvalue weighted by molar-refractivity contribution is 0.105. The molecule has 2 aromatic rings. The molecule has 0 aliphatic rings. The molecular formula is C14H14BrN3O3. The first-order chi connectivity index (χ1) is 10.0. The predicted octanol–water partition coefficient (Wildman–Crippen LogP) is 1.55. The summed E-state index contributed by atoms with van der Waals surface area (Å²) in [6.07, 6.45) is 0.746. The van der Waals surface area contributed by atoms with Crippen LogP contribution in [0.4, 0.5) is 0 Å². The molecule has 6 nitrogen and oxygen atoms in total. The Morgan fingerprint density at radius 1 is 1.48 bits per heavy atom. The van der Waals surface area contributed by atoms with Crippen molar-refractivity contribution in [3.63, 3.8) is 0 Å². The summed E-state index contributed by atoms with van der Waals surface area (Å²) in [5.74, 6) is 5.03. The van der Waals surface area contributed by atoms with Gasteiger partial charge in [0.05, 0.1) is 7.11 Å². The lowest BCUT2D eigenvalue weighted by Gasteiger charge is -2.11. The zero-order valence-corrected chi connectivity index (χ0v) is 13.5. The summed E-state index contributed by atoms with van der Waals surface area (Å²) in [5.41, 5.74) is 2.01. The van der Waals surface area contributed by atoms with Gasteiger partial charge in [-0.1, -0.05) is 12.8 Å². The number of ether oxygens (including phenoxy) is 1. The molecule has 0 radical (unpaired) electrons. The molecule has 2 heterocycles. The van der Waals surface area contributed by atoms with Crippen molar-refractivity contribution in [1.82, 2.24) is 14.4 Å². The van der Waals surface area contributed by atoms with E-state index >= 15 is 0 Å². The Balaban J connectivity index is 2.71. The number of halogens is 1. The SMILES string of the molecule is CCc1c(OC)nc2nc(C(=O)C#CCO)c(Br)n2c1C. The number of carbonyl (C=O) groups excluding carboxylic acids is 1. The average Bonchev–Trinajstić information content (AvgIpc) is 2.81. The minimum absolute atomic E-state index is 0.168. The van der Waals surface area contributed by atoms with Crippen LogP contribution in [0.5, 0.6) is 5.88 Å². The first-order valence-corrected chi connectivity index (χ1v) is 7.09. The molecule has 1 N–H and O–H groups in total. The number of aliphatic hydroxyl groups excluding tert-OH is 1. The maximum atomic E-state index is 12.0. The molecule has 0 aliphatic carbocycles. The third kappa shape index (κ3) is 2.64. The summed E-state index contributed by atoms with van der Waals surface area (Å²) in [6, 6.07) is 0. The molecule has 0 atom stereocenters. The Bertz CT molecular complexity index is 771. The zero-order chi connectivity index (χ0) is 15.6. The molecule has 0 aromatic carbocycles. The van der Waals surface area contributed by atoms with Gasteiger partial charge in [-0.3, -0.25) is 9.20 Å². The second-order valence-electron chi connectivity index (χ2n) is 4.21. The quantitative estimate of drug-likeness (QED) is 0.515. The van der Waals surface area contributed by atoms with Gasteiger partial charge in [-0.2, -0.15) is 4.98 Å². The Labute approximate surface area is 130 Å². The molecule has 0 bridgehead atoms. The lowest BCUT2D eigenvalue weighted by atomic mass is 10.2. The van der Waals surface area contributed by atoms with Crippen LogP contribution >= 0.6 is 15.9 Å². The highest BCUT2D eigenvalue weighted by molar-refractivity contribution is 9.10. The van der Waals surface area contributed by atoms with Gasteiger partial charge in [-0.25, -0.2) is 4.98 Å². The molecule has 0 saturated carbocycles. The van der Waals surface area contributed by atoms with E-state index in [-0.39, 0.29) is 12.3 Å². The van der Waals surface area contributed by atoms with E-state index < -0.39 is 5.78 Å². The molecule has 0 fully saturated rings. The standard InChI is InChI=1S/C14H14BrN3O3/c1-4-9-8(2)18-12(15)11(10(20)6-5-7-19)16-14(18)17-13(9)21-3/h19H,4,7H2,1-3H3. The number of carbonyl (C=O) groups is 1. The van der Waals surface area contributed by atoms with Gasteiger partial charge >= 0.3 is 0 Å². The summed E-state index contributed by atoms with van der Waals surface area (Å²) in [6.45, 7) is 3.54. The van der Waals surface area contributed by atoms with Crippen molar-refractivity contribution < 1.29 is 14.6 Å². The third-order valence-corrected chi connectivity index (χ3v) is 3.81. The average molecular weight is 352 g/mol. The van der Waals surface area contributed by atoms with Gasteiger partial charge in [0.15, 0.2) is 5.69 Å². The topological polar surface area (TPSA) is 76.7 Å². The summed E-state index contributed by atoms with van der Waals surface area (Å²) < 4.78 is 7.52. The molecule has 21 heavy (non-hydrogen) atoms. The van der Waals surface area contributed by atoms with E-state index in [2.05, 4.69) is 37.7 Å². The van der Waals surface area contributed by atoms with Gasteiger partial charge in [-0.05, 0) is 35.2 Å². The van der Waals surface area contributed by atoms with Crippen molar-refractivity contribution in [3.8, 4) is 17.7 Å². The van der Waals surface area contributed by atoms with Crippen LogP contribution in [0.25, 0.3) is 5.78 Å². The number of fused-ring (bicyclic) bond motifs is 1. The Morgan fingerprint density at radius 2 is 2.19 bits per heavy atom. The van der Waals surface area contributed by atoms with Crippen LogP contribution in [0.15, 0.2) is 4.60 Å². The number of methoxy groups -OCH3 is 1. The van der Waals surface area contributed by atoms with Crippen molar-refractivity contribution >= 4 is 27.5 Å². The fourth-order valence-corrected chi connectivity index (χ4v) is 2.80. The molecule has 2 aromatic heterocycles. The Morgan fingerprint density at radius 3 is 2.76 bits per heavy atom. The number of aliphatic hydroxyl groups is 1. The van der Waals surface area contributed by atoms with Gasteiger partial charge in [-0.15, -0.1) is 0 Å². The molecule has 0 aliphatic heterocycles. The molecule has 7 heteroatoms. The lowest BCUT2D eigenvalue weighted by Crippen LogP contribution is -2.04. The second-order valence-corrected chi connectivity index (χ2v) is 4.97. The molecular weight excluding hydrogens is 338 g/mol.